The summed E-state index contributed by atoms with van der Waals surface area (Å²) < 4.78 is 11.0. The second kappa shape index (κ2) is 7.38. The molecule has 6 heteroatoms. The van der Waals surface area contributed by atoms with Crippen molar-refractivity contribution in [3.63, 3.8) is 0 Å². The lowest BCUT2D eigenvalue weighted by atomic mass is 9.93. The van der Waals surface area contributed by atoms with Crippen molar-refractivity contribution in [3.8, 4) is 11.5 Å². The van der Waals surface area contributed by atoms with Crippen molar-refractivity contribution < 1.29 is 19.1 Å². The first-order valence-corrected chi connectivity index (χ1v) is 8.27. The van der Waals surface area contributed by atoms with Crippen LogP contribution in [-0.4, -0.2) is 43.0 Å². The summed E-state index contributed by atoms with van der Waals surface area (Å²) in [6, 6.07) is 5.63. The van der Waals surface area contributed by atoms with Gasteiger partial charge in [0.25, 0.3) is 0 Å². The number of carbonyl (C=O) groups excluding carboxylic acids is 2. The van der Waals surface area contributed by atoms with Gasteiger partial charge in [0.1, 0.15) is 13.2 Å². The Morgan fingerprint density at radius 3 is 2.58 bits per heavy atom. The number of piperidine rings is 1. The average Bonchev–Trinajstić information content (AvgIpc) is 2.59. The number of hydrogen-bond acceptors (Lipinski definition) is 4. The second-order valence-electron chi connectivity index (χ2n) is 6.18. The van der Waals surface area contributed by atoms with Crippen LogP contribution >= 0.6 is 0 Å². The number of rotatable bonds is 4. The maximum Gasteiger partial charge on any atom is 0.246 e. The Hall–Kier alpha value is -2.50. The Bertz CT molecular complexity index is 648. The van der Waals surface area contributed by atoms with Crippen molar-refractivity contribution >= 4 is 17.9 Å². The van der Waals surface area contributed by atoms with Gasteiger partial charge in [-0.2, -0.15) is 0 Å². The van der Waals surface area contributed by atoms with Crippen molar-refractivity contribution in [1.29, 1.82) is 0 Å². The standard InChI is InChI=1S/C18H22N2O4/c19-17(21)12-14-5-7-20(8-6-14)18(22)4-2-13-1-3-15-16(11-13)24-10-9-23-15/h1-4,11,14H,5-10,12H2,(H2,19,21)/b4-2+. The van der Waals surface area contributed by atoms with Gasteiger partial charge in [-0.1, -0.05) is 6.07 Å². The van der Waals surface area contributed by atoms with Gasteiger partial charge in [-0.05, 0) is 42.5 Å². The predicted molar refractivity (Wildman–Crippen MR) is 89.6 cm³/mol. The van der Waals surface area contributed by atoms with E-state index < -0.39 is 0 Å². The van der Waals surface area contributed by atoms with E-state index in [1.807, 2.05) is 23.1 Å². The molecule has 3 rings (SSSR count). The van der Waals surface area contributed by atoms with E-state index in [0.29, 0.717) is 44.4 Å². The summed E-state index contributed by atoms with van der Waals surface area (Å²) in [4.78, 5) is 25.0. The molecular formula is C18H22N2O4. The van der Waals surface area contributed by atoms with Crippen molar-refractivity contribution in [1.82, 2.24) is 4.90 Å². The van der Waals surface area contributed by atoms with Gasteiger partial charge in [-0.15, -0.1) is 0 Å². The Kier molecular flexibility index (Phi) is 5.03. The molecule has 2 aliphatic heterocycles. The summed E-state index contributed by atoms with van der Waals surface area (Å²) in [5, 5.41) is 0. The minimum atomic E-state index is -0.265. The van der Waals surface area contributed by atoms with Gasteiger partial charge in [0.2, 0.25) is 11.8 Å². The fraction of sp³-hybridized carbons (Fsp3) is 0.444. The van der Waals surface area contributed by atoms with E-state index in [4.69, 9.17) is 15.2 Å². The summed E-state index contributed by atoms with van der Waals surface area (Å²) in [6.07, 6.45) is 5.43. The third kappa shape index (κ3) is 4.07. The number of nitrogens with zero attached hydrogens (tertiary/aromatic N) is 1. The van der Waals surface area contributed by atoms with E-state index >= 15 is 0 Å². The van der Waals surface area contributed by atoms with Crippen LogP contribution in [0.15, 0.2) is 24.3 Å². The summed E-state index contributed by atoms with van der Waals surface area (Å²) in [5.74, 6) is 1.47. The summed E-state index contributed by atoms with van der Waals surface area (Å²) in [5.41, 5.74) is 6.13. The molecule has 24 heavy (non-hydrogen) atoms. The van der Waals surface area contributed by atoms with Gasteiger partial charge in [0, 0.05) is 25.6 Å². The molecule has 1 fully saturated rings. The zero-order valence-corrected chi connectivity index (χ0v) is 13.6. The van der Waals surface area contributed by atoms with Crippen LogP contribution in [0.25, 0.3) is 6.08 Å². The molecule has 0 bridgehead atoms. The molecule has 2 N–H and O–H groups in total. The molecule has 0 spiro atoms. The van der Waals surface area contributed by atoms with E-state index in [2.05, 4.69) is 0 Å². The van der Waals surface area contributed by atoms with Crippen LogP contribution < -0.4 is 15.2 Å². The Morgan fingerprint density at radius 1 is 1.17 bits per heavy atom. The highest BCUT2D eigenvalue weighted by Crippen LogP contribution is 2.31. The first-order valence-electron chi connectivity index (χ1n) is 8.27. The van der Waals surface area contributed by atoms with Gasteiger partial charge in [-0.3, -0.25) is 9.59 Å². The second-order valence-corrected chi connectivity index (χ2v) is 6.18. The molecule has 2 aliphatic rings. The highest BCUT2D eigenvalue weighted by molar-refractivity contribution is 5.92. The number of hydrogen-bond donors (Lipinski definition) is 1. The minimum absolute atomic E-state index is 0.0117. The largest absolute Gasteiger partial charge is 0.486 e. The van der Waals surface area contributed by atoms with Crippen molar-refractivity contribution in [2.45, 2.75) is 19.3 Å². The van der Waals surface area contributed by atoms with Crippen LogP contribution in [0, 0.1) is 5.92 Å². The van der Waals surface area contributed by atoms with Gasteiger partial charge >= 0.3 is 0 Å². The van der Waals surface area contributed by atoms with Gasteiger partial charge in [-0.25, -0.2) is 0 Å². The van der Waals surface area contributed by atoms with E-state index in [0.717, 1.165) is 24.2 Å². The number of primary amides is 1. The monoisotopic (exact) mass is 330 g/mol. The molecule has 0 aliphatic carbocycles. The normalized spacial score (nSPS) is 17.9. The maximum atomic E-state index is 12.3. The predicted octanol–water partition coefficient (Wildman–Crippen LogP) is 1.58. The van der Waals surface area contributed by atoms with Crippen LogP contribution in [0.5, 0.6) is 11.5 Å². The quantitative estimate of drug-likeness (QED) is 0.850. The van der Waals surface area contributed by atoms with Crippen molar-refractivity contribution in [2.24, 2.45) is 11.7 Å². The lowest BCUT2D eigenvalue weighted by Crippen LogP contribution is -2.38. The van der Waals surface area contributed by atoms with E-state index in [1.165, 1.54) is 0 Å². The SMILES string of the molecule is NC(=O)CC1CCN(C(=O)/C=C/c2ccc3c(c2)OCCO3)CC1. The molecule has 1 saturated heterocycles. The zero-order chi connectivity index (χ0) is 16.9. The van der Waals surface area contributed by atoms with E-state index in [9.17, 15) is 9.59 Å². The van der Waals surface area contributed by atoms with Crippen molar-refractivity contribution in [2.75, 3.05) is 26.3 Å². The Balaban J connectivity index is 1.55. The molecular weight excluding hydrogens is 308 g/mol. The highest BCUT2D eigenvalue weighted by atomic mass is 16.6. The van der Waals surface area contributed by atoms with Crippen molar-refractivity contribution in [3.05, 3.63) is 29.8 Å². The number of ether oxygens (including phenoxy) is 2. The molecule has 1 aromatic carbocycles. The van der Waals surface area contributed by atoms with Crippen LogP contribution in [0.3, 0.4) is 0 Å². The summed E-state index contributed by atoms with van der Waals surface area (Å²) >= 11 is 0. The molecule has 0 saturated carbocycles. The summed E-state index contributed by atoms with van der Waals surface area (Å²) in [7, 11) is 0. The molecule has 128 valence electrons. The minimum Gasteiger partial charge on any atom is -0.486 e. The Morgan fingerprint density at radius 2 is 1.88 bits per heavy atom. The molecule has 0 radical (unpaired) electrons. The number of nitrogens with two attached hydrogens (primary N) is 1. The number of amides is 2. The first kappa shape index (κ1) is 16.4. The van der Waals surface area contributed by atoms with Crippen LogP contribution in [-0.2, 0) is 9.59 Å². The molecule has 1 aromatic rings. The molecule has 6 nitrogen and oxygen atoms in total. The van der Waals surface area contributed by atoms with Gasteiger partial charge in [0.05, 0.1) is 0 Å². The Labute approximate surface area is 141 Å². The van der Waals surface area contributed by atoms with Crippen LogP contribution in [0.1, 0.15) is 24.8 Å². The fourth-order valence-electron chi connectivity index (χ4n) is 3.08. The zero-order valence-electron chi connectivity index (χ0n) is 13.6. The molecule has 0 unspecified atom stereocenters. The molecule has 0 aromatic heterocycles. The lowest BCUT2D eigenvalue weighted by Gasteiger charge is -2.30. The lowest BCUT2D eigenvalue weighted by molar-refractivity contribution is -0.127. The van der Waals surface area contributed by atoms with E-state index in [-0.39, 0.29) is 11.8 Å². The third-order valence-electron chi connectivity index (χ3n) is 4.40. The number of fused-ring (bicyclic) bond motifs is 1. The smallest absolute Gasteiger partial charge is 0.246 e. The number of likely N-dealkylation sites (tertiary alicyclic amines) is 1. The molecule has 2 heterocycles. The highest BCUT2D eigenvalue weighted by Gasteiger charge is 2.22. The third-order valence-corrected chi connectivity index (χ3v) is 4.40. The molecule has 2 amide bonds. The maximum absolute atomic E-state index is 12.3. The topological polar surface area (TPSA) is 81.9 Å². The van der Waals surface area contributed by atoms with Gasteiger partial charge in [0.15, 0.2) is 11.5 Å². The van der Waals surface area contributed by atoms with E-state index in [1.54, 1.807) is 12.2 Å². The van der Waals surface area contributed by atoms with Crippen LogP contribution in [0.4, 0.5) is 0 Å². The number of carbonyl (C=O) groups is 2. The van der Waals surface area contributed by atoms with Gasteiger partial charge < -0.3 is 20.1 Å². The first-order chi connectivity index (χ1) is 11.6. The van der Waals surface area contributed by atoms with Crippen LogP contribution in [0.2, 0.25) is 0 Å². The molecule has 0 atom stereocenters. The summed E-state index contributed by atoms with van der Waals surface area (Å²) in [6.45, 7) is 2.44. The number of benzene rings is 1. The fourth-order valence-corrected chi connectivity index (χ4v) is 3.08. The average molecular weight is 330 g/mol.